The molecule has 2 amide bonds. The zero-order valence-corrected chi connectivity index (χ0v) is 18.4. The van der Waals surface area contributed by atoms with E-state index in [0.717, 1.165) is 6.07 Å². The third-order valence-corrected chi connectivity index (χ3v) is 6.19. The molecule has 1 aliphatic rings. The van der Waals surface area contributed by atoms with Gasteiger partial charge in [-0.05, 0) is 48.9 Å². The highest BCUT2D eigenvalue weighted by atomic mass is 35.5. The van der Waals surface area contributed by atoms with Gasteiger partial charge in [0.25, 0.3) is 5.91 Å². The molecule has 1 unspecified atom stereocenters. The third kappa shape index (κ3) is 5.58. The van der Waals surface area contributed by atoms with Gasteiger partial charge in [-0.1, -0.05) is 24.6 Å². The number of pyridine rings is 1. The number of amides is 2. The molecular weight excluding hydrogens is 424 g/mol. The number of aromatic nitrogens is 1. The quantitative estimate of drug-likeness (QED) is 0.616. The molecule has 1 atom stereocenters. The number of rotatable bonds is 6. The summed E-state index contributed by atoms with van der Waals surface area (Å²) in [4.78, 5) is 32.5. The summed E-state index contributed by atoms with van der Waals surface area (Å²) in [5.41, 5.74) is 0.869. The summed E-state index contributed by atoms with van der Waals surface area (Å²) >= 11 is 5.90. The first-order valence-corrected chi connectivity index (χ1v) is 10.8. The Bertz CT molecular complexity index is 948. The molecule has 5 nitrogen and oxygen atoms in total. The molecule has 0 spiro atoms. The van der Waals surface area contributed by atoms with Crippen LogP contribution in [-0.2, 0) is 11.2 Å². The largest absolute Gasteiger partial charge is 0.342 e. The van der Waals surface area contributed by atoms with Gasteiger partial charge in [0.2, 0.25) is 5.91 Å². The monoisotopic (exact) mass is 449 g/mol. The molecule has 3 rings (SSSR count). The molecular formula is C23H26ClF2N3O2. The van der Waals surface area contributed by atoms with Crippen LogP contribution in [0.25, 0.3) is 0 Å². The van der Waals surface area contributed by atoms with Crippen molar-refractivity contribution in [3.8, 4) is 0 Å². The molecule has 166 valence electrons. The highest BCUT2D eigenvalue weighted by Crippen LogP contribution is 2.28. The number of likely N-dealkylation sites (tertiary alicyclic amines) is 1. The van der Waals surface area contributed by atoms with E-state index >= 15 is 0 Å². The Kier molecular flexibility index (Phi) is 7.59. The van der Waals surface area contributed by atoms with Gasteiger partial charge in [0.15, 0.2) is 0 Å². The minimum Gasteiger partial charge on any atom is -0.342 e. The van der Waals surface area contributed by atoms with Crippen LogP contribution in [0.15, 0.2) is 36.5 Å². The molecule has 0 aliphatic carbocycles. The van der Waals surface area contributed by atoms with Gasteiger partial charge in [0.05, 0.1) is 0 Å². The van der Waals surface area contributed by atoms with Gasteiger partial charge in [-0.25, -0.2) is 13.8 Å². The lowest BCUT2D eigenvalue weighted by atomic mass is 9.84. The minimum atomic E-state index is -0.626. The van der Waals surface area contributed by atoms with Gasteiger partial charge in [-0.15, -0.1) is 0 Å². The molecule has 2 heterocycles. The van der Waals surface area contributed by atoms with Crippen molar-refractivity contribution in [3.05, 3.63) is 64.4 Å². The summed E-state index contributed by atoms with van der Waals surface area (Å²) in [5.74, 6) is -1.28. The number of likely N-dealkylation sites (N-methyl/N-ethyl adjacent to an activating group) is 1. The number of piperidine rings is 1. The maximum Gasteiger partial charge on any atom is 0.254 e. The molecule has 0 N–H and O–H groups in total. The van der Waals surface area contributed by atoms with Crippen LogP contribution in [0.1, 0.15) is 42.1 Å². The zero-order valence-electron chi connectivity index (χ0n) is 17.7. The number of hydrogen-bond acceptors (Lipinski definition) is 3. The Hall–Kier alpha value is -2.54. The maximum atomic E-state index is 14.3. The lowest BCUT2D eigenvalue weighted by molar-refractivity contribution is -0.133. The summed E-state index contributed by atoms with van der Waals surface area (Å²) in [6, 6.07) is 6.49. The second kappa shape index (κ2) is 10.2. The molecule has 31 heavy (non-hydrogen) atoms. The predicted molar refractivity (Wildman–Crippen MR) is 115 cm³/mol. The van der Waals surface area contributed by atoms with Crippen LogP contribution < -0.4 is 0 Å². The molecule has 1 aromatic heterocycles. The Labute approximate surface area is 186 Å². The fourth-order valence-corrected chi connectivity index (χ4v) is 4.35. The van der Waals surface area contributed by atoms with E-state index < -0.39 is 11.6 Å². The topological polar surface area (TPSA) is 53.5 Å². The summed E-state index contributed by atoms with van der Waals surface area (Å²) < 4.78 is 27.6. The average Bonchev–Trinajstić information content (AvgIpc) is 2.77. The second-order valence-corrected chi connectivity index (χ2v) is 8.25. The lowest BCUT2D eigenvalue weighted by Gasteiger charge is -2.40. The van der Waals surface area contributed by atoms with Gasteiger partial charge >= 0.3 is 0 Å². The average molecular weight is 450 g/mol. The van der Waals surface area contributed by atoms with Crippen LogP contribution in [0.5, 0.6) is 0 Å². The SMILES string of the molecule is CCC(=O)N(C)C(Cc1ccc(F)cc1F)C1CCN(C(=O)c2ccnc(Cl)c2)CC1. The number of benzene rings is 1. The standard InChI is InChI=1S/C23H26ClF2N3O2/c1-3-22(30)28(2)20(12-16-4-5-18(25)14-19(16)26)15-7-10-29(11-8-15)23(31)17-6-9-27-21(24)13-17/h4-6,9,13-15,20H,3,7-8,10-12H2,1-2H3. The molecule has 0 radical (unpaired) electrons. The number of halogens is 3. The molecule has 0 saturated carbocycles. The van der Waals surface area contributed by atoms with E-state index in [1.165, 1.54) is 18.3 Å². The van der Waals surface area contributed by atoms with E-state index in [0.29, 0.717) is 49.9 Å². The summed E-state index contributed by atoms with van der Waals surface area (Å²) in [6.45, 7) is 2.84. The van der Waals surface area contributed by atoms with Gasteiger partial charge in [0.1, 0.15) is 16.8 Å². The van der Waals surface area contributed by atoms with Crippen molar-refractivity contribution in [1.29, 1.82) is 0 Å². The van der Waals surface area contributed by atoms with E-state index in [9.17, 15) is 18.4 Å². The van der Waals surface area contributed by atoms with Crippen molar-refractivity contribution < 1.29 is 18.4 Å². The summed E-state index contributed by atoms with van der Waals surface area (Å²) in [6.07, 6.45) is 3.51. The maximum absolute atomic E-state index is 14.3. The van der Waals surface area contributed by atoms with E-state index in [2.05, 4.69) is 4.98 Å². The Morgan fingerprint density at radius 1 is 1.23 bits per heavy atom. The molecule has 1 aliphatic heterocycles. The molecule has 8 heteroatoms. The van der Waals surface area contributed by atoms with Crippen molar-refractivity contribution in [2.75, 3.05) is 20.1 Å². The molecule has 0 bridgehead atoms. The number of hydrogen-bond donors (Lipinski definition) is 0. The summed E-state index contributed by atoms with van der Waals surface area (Å²) in [7, 11) is 1.73. The van der Waals surface area contributed by atoms with Crippen molar-refractivity contribution in [1.82, 2.24) is 14.8 Å². The van der Waals surface area contributed by atoms with Crippen molar-refractivity contribution in [2.45, 2.75) is 38.6 Å². The molecule has 2 aromatic rings. The van der Waals surface area contributed by atoms with Crippen LogP contribution in [0.4, 0.5) is 8.78 Å². The predicted octanol–water partition coefficient (Wildman–Crippen LogP) is 4.35. The van der Waals surface area contributed by atoms with Crippen LogP contribution in [0, 0.1) is 17.6 Å². The van der Waals surface area contributed by atoms with Crippen molar-refractivity contribution in [2.24, 2.45) is 5.92 Å². The highest BCUT2D eigenvalue weighted by molar-refractivity contribution is 6.29. The Balaban J connectivity index is 1.73. The smallest absolute Gasteiger partial charge is 0.254 e. The number of carbonyl (C=O) groups is 2. The van der Waals surface area contributed by atoms with E-state index in [-0.39, 0.29) is 28.9 Å². The second-order valence-electron chi connectivity index (χ2n) is 7.86. The fraction of sp³-hybridized carbons (Fsp3) is 0.435. The van der Waals surface area contributed by atoms with E-state index in [1.54, 1.807) is 35.9 Å². The fourth-order valence-electron chi connectivity index (χ4n) is 4.17. The zero-order chi connectivity index (χ0) is 22.5. The van der Waals surface area contributed by atoms with E-state index in [1.807, 2.05) is 0 Å². The van der Waals surface area contributed by atoms with Gasteiger partial charge < -0.3 is 9.80 Å². The van der Waals surface area contributed by atoms with Crippen LogP contribution in [0.3, 0.4) is 0 Å². The molecule has 1 fully saturated rings. The van der Waals surface area contributed by atoms with Gasteiger partial charge in [-0.2, -0.15) is 0 Å². The first-order chi connectivity index (χ1) is 14.8. The Morgan fingerprint density at radius 2 is 1.94 bits per heavy atom. The normalized spacial score (nSPS) is 15.6. The van der Waals surface area contributed by atoms with Crippen LogP contribution >= 0.6 is 11.6 Å². The highest BCUT2D eigenvalue weighted by Gasteiger charge is 2.33. The molecule has 1 saturated heterocycles. The van der Waals surface area contributed by atoms with Crippen molar-refractivity contribution >= 4 is 23.4 Å². The Morgan fingerprint density at radius 3 is 2.55 bits per heavy atom. The first kappa shape index (κ1) is 23.1. The van der Waals surface area contributed by atoms with Crippen LogP contribution in [-0.4, -0.2) is 52.8 Å². The number of nitrogens with zero attached hydrogens (tertiary/aromatic N) is 3. The van der Waals surface area contributed by atoms with E-state index in [4.69, 9.17) is 11.6 Å². The first-order valence-electron chi connectivity index (χ1n) is 10.4. The molecule has 1 aromatic carbocycles. The summed E-state index contributed by atoms with van der Waals surface area (Å²) in [5, 5.41) is 0.266. The van der Waals surface area contributed by atoms with Gasteiger partial charge in [-0.3, -0.25) is 9.59 Å². The number of carbonyl (C=O) groups excluding carboxylic acids is 2. The van der Waals surface area contributed by atoms with Crippen molar-refractivity contribution in [3.63, 3.8) is 0 Å². The third-order valence-electron chi connectivity index (χ3n) is 5.98. The van der Waals surface area contributed by atoms with Crippen LogP contribution in [0.2, 0.25) is 5.15 Å². The minimum absolute atomic E-state index is 0.0301. The lowest BCUT2D eigenvalue weighted by Crippen LogP contribution is -2.48. The van der Waals surface area contributed by atoms with Gasteiger partial charge in [0, 0.05) is 50.4 Å².